The summed E-state index contributed by atoms with van der Waals surface area (Å²) in [5, 5.41) is 2.60. The van der Waals surface area contributed by atoms with Crippen molar-refractivity contribution < 1.29 is 18.0 Å². The van der Waals surface area contributed by atoms with E-state index in [2.05, 4.69) is 27.1 Å². The number of nitrogens with one attached hydrogen (secondary N) is 1. The molecule has 1 amide bonds. The van der Waals surface area contributed by atoms with Crippen LogP contribution in [0.25, 0.3) is 16.9 Å². The van der Waals surface area contributed by atoms with E-state index >= 15 is 0 Å². The molecule has 156 valence electrons. The zero-order valence-corrected chi connectivity index (χ0v) is 16.8. The first-order valence-corrected chi connectivity index (χ1v) is 10.5. The van der Waals surface area contributed by atoms with Gasteiger partial charge in [-0.1, -0.05) is 53.9 Å². The Kier molecular flexibility index (Phi) is 4.55. The van der Waals surface area contributed by atoms with Crippen molar-refractivity contribution in [3.05, 3.63) is 65.9 Å². The third kappa shape index (κ3) is 3.68. The van der Waals surface area contributed by atoms with E-state index in [9.17, 15) is 18.0 Å². The molecule has 0 atom stereocenters. The molecule has 5 nitrogen and oxygen atoms in total. The van der Waals surface area contributed by atoms with Crippen LogP contribution in [0.1, 0.15) is 24.2 Å². The average Bonchev–Trinajstić information content (AvgIpc) is 3.23. The molecule has 1 saturated carbocycles. The van der Waals surface area contributed by atoms with Gasteiger partial charge in [-0.15, -0.1) is 0 Å². The van der Waals surface area contributed by atoms with Crippen molar-refractivity contribution in [3.63, 3.8) is 0 Å². The summed E-state index contributed by atoms with van der Waals surface area (Å²) < 4.78 is 41.5. The number of benzene rings is 1. The Bertz CT molecular complexity index is 1280. The first-order valence-electron chi connectivity index (χ1n) is 9.52. The van der Waals surface area contributed by atoms with Crippen LogP contribution in [0.2, 0.25) is 0 Å². The molecule has 9 heteroatoms. The number of carbonyl (C=O) groups is 1. The summed E-state index contributed by atoms with van der Waals surface area (Å²) in [4.78, 5) is 19.5. The monoisotopic (exact) mass is 440 g/mol. The second kappa shape index (κ2) is 7.17. The largest absolute Gasteiger partial charge is 0.434 e. The number of alkyl halides is 3. The summed E-state index contributed by atoms with van der Waals surface area (Å²) in [6.07, 6.45) is 0.663. The van der Waals surface area contributed by atoms with E-state index in [0.717, 1.165) is 23.7 Å². The third-order valence-corrected chi connectivity index (χ3v) is 6.05. The molecule has 1 saturated heterocycles. The molecule has 2 aromatic heterocycles. The normalized spacial score (nSPS) is 18.7. The maximum atomic E-state index is 13.3. The maximum absolute atomic E-state index is 13.3. The first-order chi connectivity index (χ1) is 14.9. The number of amides is 1. The van der Waals surface area contributed by atoms with Crippen LogP contribution >= 0.6 is 11.8 Å². The minimum Gasteiger partial charge on any atom is -0.319 e. The van der Waals surface area contributed by atoms with E-state index in [1.165, 1.54) is 16.2 Å². The molecule has 1 aliphatic carbocycles. The van der Waals surface area contributed by atoms with Gasteiger partial charge in [0.1, 0.15) is 0 Å². The van der Waals surface area contributed by atoms with E-state index in [4.69, 9.17) is 0 Å². The van der Waals surface area contributed by atoms with Crippen LogP contribution < -0.4 is 5.32 Å². The maximum Gasteiger partial charge on any atom is 0.434 e. The van der Waals surface area contributed by atoms with E-state index < -0.39 is 17.3 Å². The highest BCUT2D eigenvalue weighted by atomic mass is 32.2. The third-order valence-electron chi connectivity index (χ3n) is 5.23. The quantitative estimate of drug-likeness (QED) is 0.582. The Balaban J connectivity index is 1.66. The number of hydrogen-bond donors (Lipinski definition) is 1. The Morgan fingerprint density at radius 2 is 2.00 bits per heavy atom. The molecule has 1 aliphatic heterocycles. The Morgan fingerprint density at radius 3 is 2.65 bits per heavy atom. The molecule has 0 radical (unpaired) electrons. The van der Waals surface area contributed by atoms with Crippen molar-refractivity contribution in [2.75, 3.05) is 5.75 Å². The molecule has 1 aromatic carbocycles. The molecule has 3 aromatic rings. The molecule has 0 unspecified atom stereocenters. The fourth-order valence-electron chi connectivity index (χ4n) is 3.59. The summed E-state index contributed by atoms with van der Waals surface area (Å²) in [5.41, 5.74) is 1.52. The average molecular weight is 440 g/mol. The van der Waals surface area contributed by atoms with Crippen LogP contribution in [-0.2, 0) is 11.6 Å². The number of rotatable bonds is 2. The van der Waals surface area contributed by atoms with Gasteiger partial charge < -0.3 is 5.32 Å². The lowest BCUT2D eigenvalue weighted by Crippen LogP contribution is -2.13. The number of aromatic nitrogens is 3. The lowest BCUT2D eigenvalue weighted by atomic mass is 9.97. The van der Waals surface area contributed by atoms with Gasteiger partial charge in [-0.05, 0) is 12.8 Å². The van der Waals surface area contributed by atoms with E-state index in [1.807, 2.05) is 30.3 Å². The van der Waals surface area contributed by atoms with Crippen molar-refractivity contribution >= 4 is 22.6 Å². The van der Waals surface area contributed by atoms with Crippen molar-refractivity contribution in [3.8, 4) is 23.1 Å². The number of thioether (sulfide) groups is 1. The van der Waals surface area contributed by atoms with Crippen LogP contribution in [0.4, 0.5) is 18.0 Å². The molecule has 2 fully saturated rings. The lowest BCUT2D eigenvalue weighted by molar-refractivity contribution is -0.141. The highest BCUT2D eigenvalue weighted by Gasteiger charge is 2.48. The van der Waals surface area contributed by atoms with Crippen LogP contribution in [0.5, 0.6) is 0 Å². The number of allylic oxidation sites excluding steroid dienone is 1. The van der Waals surface area contributed by atoms with E-state index in [1.54, 1.807) is 6.08 Å². The van der Waals surface area contributed by atoms with Gasteiger partial charge in [-0.3, -0.25) is 9.20 Å². The van der Waals surface area contributed by atoms with Crippen LogP contribution in [0.3, 0.4) is 0 Å². The van der Waals surface area contributed by atoms with Gasteiger partial charge in [-0.25, -0.2) is 9.97 Å². The summed E-state index contributed by atoms with van der Waals surface area (Å²) >= 11 is 1.17. The zero-order chi connectivity index (χ0) is 21.6. The highest BCUT2D eigenvalue weighted by molar-refractivity contribution is 8.14. The van der Waals surface area contributed by atoms with E-state index in [-0.39, 0.29) is 5.24 Å². The van der Waals surface area contributed by atoms with Crippen LogP contribution in [0, 0.1) is 11.8 Å². The second-order valence-electron chi connectivity index (χ2n) is 7.40. The van der Waals surface area contributed by atoms with Gasteiger partial charge in [0.25, 0.3) is 5.24 Å². The molecule has 0 bridgehead atoms. The van der Waals surface area contributed by atoms with Gasteiger partial charge >= 0.3 is 6.18 Å². The molecule has 2 aliphatic rings. The number of halogens is 3. The Hall–Kier alpha value is -3.25. The molecule has 1 N–H and O–H groups in total. The second-order valence-corrected chi connectivity index (χ2v) is 8.34. The Morgan fingerprint density at radius 1 is 1.23 bits per heavy atom. The molecule has 0 spiro atoms. The fraction of sp³-hybridized carbons (Fsp3) is 0.227. The summed E-state index contributed by atoms with van der Waals surface area (Å²) in [6.45, 7) is 0. The molecular weight excluding hydrogens is 425 g/mol. The predicted octanol–water partition coefficient (Wildman–Crippen LogP) is 4.79. The topological polar surface area (TPSA) is 59.3 Å². The highest BCUT2D eigenvalue weighted by Crippen LogP contribution is 2.51. The first kappa shape index (κ1) is 19.7. The number of imidazole rings is 1. The summed E-state index contributed by atoms with van der Waals surface area (Å²) in [5.74, 6) is 6.77. The van der Waals surface area contributed by atoms with Gasteiger partial charge in [0, 0.05) is 29.3 Å². The van der Waals surface area contributed by atoms with Crippen molar-refractivity contribution in [2.24, 2.45) is 0 Å². The molecule has 5 rings (SSSR count). The minimum atomic E-state index is -4.56. The predicted molar refractivity (Wildman–Crippen MR) is 111 cm³/mol. The standard InChI is InChI=1S/C22H15F3N4OS/c23-22(24,25)16-12-29-17(11-26-16)28-18(14-5-2-1-3-6-14)19(29)21(9-10-21)8-4-7-15-13-31-20(30)27-15/h1-3,5-7,11-12H,9-10,13H2,(H,27,30)/b15-7+. The Labute approximate surface area is 179 Å². The van der Waals surface area contributed by atoms with E-state index in [0.29, 0.717) is 35.6 Å². The smallest absolute Gasteiger partial charge is 0.319 e. The summed E-state index contributed by atoms with van der Waals surface area (Å²) in [7, 11) is 0. The lowest BCUT2D eigenvalue weighted by Gasteiger charge is -2.12. The van der Waals surface area contributed by atoms with Crippen LogP contribution in [0.15, 0.2) is 54.5 Å². The number of carbonyl (C=O) groups excluding carboxylic acids is 1. The minimum absolute atomic E-state index is 0.116. The van der Waals surface area contributed by atoms with Gasteiger partial charge in [-0.2, -0.15) is 13.2 Å². The van der Waals surface area contributed by atoms with Crippen molar-refractivity contribution in [1.82, 2.24) is 19.7 Å². The SMILES string of the molecule is O=C1N/C(=C/C#CC2(c3c(-c4ccccc4)nc4cnc(C(F)(F)F)cn34)CC2)CS1. The number of nitrogens with zero attached hydrogens (tertiary/aromatic N) is 3. The number of hydrogen-bond acceptors (Lipinski definition) is 4. The number of fused-ring (bicyclic) bond motifs is 1. The fourth-order valence-corrected chi connectivity index (χ4v) is 4.23. The van der Waals surface area contributed by atoms with Crippen LogP contribution in [-0.4, -0.2) is 25.4 Å². The van der Waals surface area contributed by atoms with Gasteiger partial charge in [0.2, 0.25) is 0 Å². The molecular formula is C22H15F3N4OS. The summed E-state index contributed by atoms with van der Waals surface area (Å²) in [6, 6.07) is 9.34. The van der Waals surface area contributed by atoms with Gasteiger partial charge in [0.15, 0.2) is 11.3 Å². The zero-order valence-electron chi connectivity index (χ0n) is 16.0. The molecule has 3 heterocycles. The molecule has 31 heavy (non-hydrogen) atoms. The van der Waals surface area contributed by atoms with Crippen molar-refractivity contribution in [1.29, 1.82) is 0 Å². The van der Waals surface area contributed by atoms with Crippen molar-refractivity contribution in [2.45, 2.75) is 24.4 Å². The van der Waals surface area contributed by atoms with Gasteiger partial charge in [0.05, 0.1) is 23.0 Å².